The molecule has 1 aliphatic rings. The summed E-state index contributed by atoms with van der Waals surface area (Å²) >= 11 is 20.2. The molecule has 2 heterocycles. The Kier molecular flexibility index (Phi) is 10.4. The van der Waals surface area contributed by atoms with Crippen LogP contribution in [-0.2, 0) is 12.2 Å². The van der Waals surface area contributed by atoms with Crippen molar-refractivity contribution in [2.24, 2.45) is 0 Å². The number of carbonyl (C=O) groups excluding carboxylic acids is 1. The van der Waals surface area contributed by atoms with Crippen LogP contribution in [0.1, 0.15) is 46.4 Å². The highest BCUT2D eigenvalue weighted by atomic mass is 35.5. The lowest BCUT2D eigenvalue weighted by molar-refractivity contribution is -0.878. The van der Waals surface area contributed by atoms with Gasteiger partial charge in [0, 0.05) is 46.0 Å². The van der Waals surface area contributed by atoms with E-state index in [2.05, 4.69) is 31.3 Å². The first-order valence-corrected chi connectivity index (χ1v) is 16.6. The molecule has 5 rings (SSSR count). The van der Waals surface area contributed by atoms with Gasteiger partial charge in [0.1, 0.15) is 5.82 Å². The zero-order chi connectivity index (χ0) is 32.5. The molecule has 1 saturated heterocycles. The number of methoxy groups -OCH3 is 1. The topological polar surface area (TPSA) is 56.2 Å². The molecule has 1 fully saturated rings. The molecule has 1 unspecified atom stereocenters. The van der Waals surface area contributed by atoms with Crippen LogP contribution in [-0.4, -0.2) is 60.3 Å². The average molecular weight is 695 g/mol. The van der Waals surface area contributed by atoms with E-state index in [1.807, 2.05) is 16.7 Å². The molecule has 0 saturated carbocycles. The predicted octanol–water partition coefficient (Wildman–Crippen LogP) is 8.34. The number of halogens is 5. The molecular formula is C33H34Cl3F2N4O2S+. The number of rotatable bonds is 10. The number of imidazole rings is 1. The number of amides is 1. The molecule has 12 heteroatoms. The van der Waals surface area contributed by atoms with E-state index in [0.717, 1.165) is 35.3 Å². The number of thioether (sulfide) groups is 1. The van der Waals surface area contributed by atoms with E-state index in [4.69, 9.17) is 39.5 Å². The summed E-state index contributed by atoms with van der Waals surface area (Å²) in [5.41, 5.74) is 2.92. The lowest BCUT2D eigenvalue weighted by Gasteiger charge is -2.23. The third-order valence-corrected chi connectivity index (χ3v) is 10.1. The third-order valence-electron chi connectivity index (χ3n) is 8.06. The van der Waals surface area contributed by atoms with E-state index in [9.17, 15) is 9.18 Å². The summed E-state index contributed by atoms with van der Waals surface area (Å²) in [7, 11) is 5.64. The monoisotopic (exact) mass is 693 g/mol. The van der Waals surface area contributed by atoms with Gasteiger partial charge in [-0.1, -0.05) is 59.6 Å². The smallest absolute Gasteiger partial charge is 0.251 e. The van der Waals surface area contributed by atoms with Crippen LogP contribution in [0.15, 0.2) is 59.9 Å². The van der Waals surface area contributed by atoms with Gasteiger partial charge in [-0.15, -0.1) is 0 Å². The highest BCUT2D eigenvalue weighted by Crippen LogP contribution is 2.35. The van der Waals surface area contributed by atoms with E-state index in [0.29, 0.717) is 27.3 Å². The van der Waals surface area contributed by atoms with Crippen LogP contribution >= 0.6 is 46.6 Å². The second-order valence-corrected chi connectivity index (χ2v) is 14.1. The van der Waals surface area contributed by atoms with Crippen LogP contribution < -0.4 is 10.1 Å². The predicted molar refractivity (Wildman–Crippen MR) is 177 cm³/mol. The van der Waals surface area contributed by atoms with Crippen molar-refractivity contribution in [3.8, 4) is 11.4 Å². The van der Waals surface area contributed by atoms with E-state index in [-0.39, 0.29) is 45.5 Å². The molecule has 1 amide bonds. The zero-order valence-electron chi connectivity index (χ0n) is 25.3. The molecule has 2 atom stereocenters. The highest BCUT2D eigenvalue weighted by Gasteiger charge is 2.32. The lowest BCUT2D eigenvalue weighted by Crippen LogP contribution is -2.42. The van der Waals surface area contributed by atoms with Crippen molar-refractivity contribution in [1.82, 2.24) is 14.9 Å². The second-order valence-electron chi connectivity index (χ2n) is 12.0. The van der Waals surface area contributed by atoms with Gasteiger partial charge in [0.25, 0.3) is 5.91 Å². The van der Waals surface area contributed by atoms with Crippen LogP contribution in [0.3, 0.4) is 0 Å². The molecule has 4 aromatic rings. The summed E-state index contributed by atoms with van der Waals surface area (Å²) in [5.74, 6) is -1.21. The van der Waals surface area contributed by atoms with E-state index in [1.165, 1.54) is 37.1 Å². The van der Waals surface area contributed by atoms with Crippen LogP contribution in [0.4, 0.5) is 8.78 Å². The van der Waals surface area contributed by atoms with Gasteiger partial charge >= 0.3 is 0 Å². The standard InChI is InChI=1S/C33H33Cl3F2N4O2S/c1-19(11-20-5-7-25(34)27(36)12-20)30-16-39-33(41(30)23-6-8-28(37)31(15-23)44-4)45-18-24-26(35)13-21(14-29(24)38)32(43)40-22-9-10-42(2,3)17-22/h5-8,12-16,19,22H,9-11,17-18H2,1-4H3/p+1/t19?,22-/m0/s1. The van der Waals surface area contributed by atoms with Crippen molar-refractivity contribution in [2.75, 3.05) is 34.3 Å². The summed E-state index contributed by atoms with van der Waals surface area (Å²) in [6.07, 6.45) is 3.26. The maximum absolute atomic E-state index is 15.4. The Labute approximate surface area is 281 Å². The highest BCUT2D eigenvalue weighted by molar-refractivity contribution is 7.98. The maximum Gasteiger partial charge on any atom is 0.251 e. The molecule has 1 aliphatic heterocycles. The molecule has 3 aromatic carbocycles. The largest absolute Gasteiger partial charge is 0.494 e. The Morgan fingerprint density at radius 1 is 1.09 bits per heavy atom. The van der Waals surface area contributed by atoms with Gasteiger partial charge in [0.15, 0.2) is 16.7 Å². The first-order valence-electron chi connectivity index (χ1n) is 14.4. The SMILES string of the molecule is COc1cc(-n2c(C(C)Cc3ccc(Cl)c(Cl)c3)cnc2SCc2c(F)cc(C(=O)N[C@H]3CC[N+](C)(C)C3)cc2Cl)ccc1F. The van der Waals surface area contributed by atoms with Gasteiger partial charge < -0.3 is 14.5 Å². The molecule has 1 N–H and O–H groups in total. The maximum atomic E-state index is 15.4. The quantitative estimate of drug-likeness (QED) is 0.134. The number of carbonyl (C=O) groups is 1. The fraction of sp³-hybridized carbons (Fsp3) is 0.333. The molecule has 0 radical (unpaired) electrons. The fourth-order valence-electron chi connectivity index (χ4n) is 5.65. The minimum absolute atomic E-state index is 0.0294. The van der Waals surface area contributed by atoms with Crippen molar-refractivity contribution in [1.29, 1.82) is 0 Å². The van der Waals surface area contributed by atoms with Gasteiger partial charge in [-0.2, -0.15) is 0 Å². The van der Waals surface area contributed by atoms with E-state index in [1.54, 1.807) is 24.4 Å². The first-order chi connectivity index (χ1) is 21.3. The Morgan fingerprint density at radius 3 is 2.53 bits per heavy atom. The van der Waals surface area contributed by atoms with Crippen LogP contribution in [0, 0.1) is 11.6 Å². The van der Waals surface area contributed by atoms with Crippen molar-refractivity contribution < 1.29 is 22.8 Å². The number of likely N-dealkylation sites (tertiary alicyclic amines) is 1. The van der Waals surface area contributed by atoms with Crippen molar-refractivity contribution in [3.63, 3.8) is 0 Å². The van der Waals surface area contributed by atoms with Crippen molar-refractivity contribution >= 4 is 52.5 Å². The van der Waals surface area contributed by atoms with Crippen LogP contribution in [0.25, 0.3) is 5.69 Å². The molecule has 0 spiro atoms. The van der Waals surface area contributed by atoms with Crippen LogP contribution in [0.5, 0.6) is 5.75 Å². The van der Waals surface area contributed by atoms with Gasteiger partial charge in [-0.25, -0.2) is 13.8 Å². The average Bonchev–Trinajstić information content (AvgIpc) is 3.57. The van der Waals surface area contributed by atoms with E-state index >= 15 is 4.39 Å². The van der Waals surface area contributed by atoms with Gasteiger partial charge in [0.05, 0.1) is 62.3 Å². The van der Waals surface area contributed by atoms with Crippen molar-refractivity contribution in [2.45, 2.75) is 42.6 Å². The molecule has 0 bridgehead atoms. The first kappa shape index (κ1) is 33.5. The molecule has 6 nitrogen and oxygen atoms in total. The number of hydrogen-bond donors (Lipinski definition) is 1. The number of likely N-dealkylation sites (N-methyl/N-ethyl adjacent to an activating group) is 1. The Bertz CT molecular complexity index is 1710. The Hall–Kier alpha value is -2.82. The summed E-state index contributed by atoms with van der Waals surface area (Å²) < 4.78 is 37.8. The van der Waals surface area contributed by atoms with E-state index < -0.39 is 11.6 Å². The number of ether oxygens (including phenoxy) is 1. The number of benzene rings is 3. The number of nitrogens with zero attached hydrogens (tertiary/aromatic N) is 3. The number of hydrogen-bond acceptors (Lipinski definition) is 4. The molecule has 1 aromatic heterocycles. The Morgan fingerprint density at radius 2 is 1.87 bits per heavy atom. The second kappa shape index (κ2) is 13.9. The summed E-state index contributed by atoms with van der Waals surface area (Å²) in [4.78, 5) is 17.6. The van der Waals surface area contributed by atoms with Gasteiger partial charge in [0.2, 0.25) is 0 Å². The third kappa shape index (κ3) is 7.77. The minimum atomic E-state index is -0.572. The van der Waals surface area contributed by atoms with Crippen molar-refractivity contribution in [3.05, 3.63) is 104 Å². The zero-order valence-corrected chi connectivity index (χ0v) is 28.4. The van der Waals surface area contributed by atoms with Crippen LogP contribution in [0.2, 0.25) is 15.1 Å². The molecule has 0 aliphatic carbocycles. The number of nitrogens with one attached hydrogen (secondary N) is 1. The molecular weight excluding hydrogens is 661 g/mol. The Balaban J connectivity index is 1.40. The summed E-state index contributed by atoms with van der Waals surface area (Å²) in [6, 6.07) is 12.9. The molecule has 238 valence electrons. The lowest BCUT2D eigenvalue weighted by atomic mass is 9.98. The number of aromatic nitrogens is 2. The van der Waals surface area contributed by atoms with Gasteiger partial charge in [-0.05, 0) is 48.4 Å². The summed E-state index contributed by atoms with van der Waals surface area (Å²) in [6.45, 7) is 3.83. The minimum Gasteiger partial charge on any atom is -0.494 e. The molecule has 45 heavy (non-hydrogen) atoms. The van der Waals surface area contributed by atoms with Gasteiger partial charge in [-0.3, -0.25) is 9.36 Å². The normalized spacial score (nSPS) is 16.5. The fourth-order valence-corrected chi connectivity index (χ4v) is 7.36. The number of quaternary nitrogens is 1. The summed E-state index contributed by atoms with van der Waals surface area (Å²) in [5, 5.41) is 4.67.